The molecule has 0 aromatic heterocycles. The molecule has 1 heterocycles. The molecule has 0 unspecified atom stereocenters. The van der Waals surface area contributed by atoms with Crippen molar-refractivity contribution in [2.45, 2.75) is 19.9 Å². The van der Waals surface area contributed by atoms with Gasteiger partial charge in [-0.05, 0) is 48.7 Å². The first kappa shape index (κ1) is 17.4. The van der Waals surface area contributed by atoms with E-state index < -0.39 is 10.3 Å². The van der Waals surface area contributed by atoms with Gasteiger partial charge in [0.2, 0.25) is 0 Å². The van der Waals surface area contributed by atoms with Crippen molar-refractivity contribution in [3.63, 3.8) is 0 Å². The molecular formula is C17H19N3O4S. The molecule has 0 radical (unpaired) electrons. The van der Waals surface area contributed by atoms with Crippen LogP contribution in [0.15, 0.2) is 42.5 Å². The van der Waals surface area contributed by atoms with Crippen LogP contribution < -0.4 is 14.7 Å². The van der Waals surface area contributed by atoms with E-state index in [1.165, 1.54) is 0 Å². The molecule has 0 fully saturated rings. The number of benzene rings is 2. The third-order valence-corrected chi connectivity index (χ3v) is 4.40. The number of fused-ring (bicyclic) bond motifs is 1. The SMILES string of the molecule is Cc1ccc(C(=O)NN2CCc3ccc(OS(N)(=O)=O)cc3C2)cc1. The summed E-state index contributed by atoms with van der Waals surface area (Å²) in [5.41, 5.74) is 6.52. The zero-order chi connectivity index (χ0) is 18.0. The maximum atomic E-state index is 12.3. The number of hydrogen-bond donors (Lipinski definition) is 2. The first-order valence-electron chi connectivity index (χ1n) is 7.77. The van der Waals surface area contributed by atoms with Crippen molar-refractivity contribution in [2.75, 3.05) is 6.54 Å². The fourth-order valence-corrected chi connectivity index (χ4v) is 3.10. The van der Waals surface area contributed by atoms with E-state index in [0.717, 1.165) is 23.1 Å². The van der Waals surface area contributed by atoms with Gasteiger partial charge in [0, 0.05) is 18.7 Å². The first-order chi connectivity index (χ1) is 11.8. The van der Waals surface area contributed by atoms with Crippen LogP contribution in [0.4, 0.5) is 0 Å². The lowest BCUT2D eigenvalue weighted by Crippen LogP contribution is -2.44. The molecule has 3 N–H and O–H groups in total. The van der Waals surface area contributed by atoms with Gasteiger partial charge in [-0.1, -0.05) is 23.8 Å². The lowest BCUT2D eigenvalue weighted by molar-refractivity contribution is 0.0764. The third-order valence-electron chi connectivity index (χ3n) is 3.98. The maximum Gasteiger partial charge on any atom is 0.380 e. The number of amides is 1. The zero-order valence-electron chi connectivity index (χ0n) is 13.7. The van der Waals surface area contributed by atoms with Crippen LogP contribution in [0.3, 0.4) is 0 Å². The van der Waals surface area contributed by atoms with E-state index in [1.807, 2.05) is 25.1 Å². The summed E-state index contributed by atoms with van der Waals surface area (Å²) in [5, 5.41) is 6.69. The topological polar surface area (TPSA) is 102 Å². The summed E-state index contributed by atoms with van der Waals surface area (Å²) in [6, 6.07) is 12.3. The predicted octanol–water partition coefficient (Wildman–Crippen LogP) is 1.28. The quantitative estimate of drug-likeness (QED) is 0.854. The van der Waals surface area contributed by atoms with Crippen molar-refractivity contribution < 1.29 is 17.4 Å². The van der Waals surface area contributed by atoms with Crippen molar-refractivity contribution in [1.29, 1.82) is 0 Å². The van der Waals surface area contributed by atoms with Crippen LogP contribution in [0.1, 0.15) is 27.0 Å². The number of hydrazine groups is 1. The molecule has 3 rings (SSSR count). The summed E-state index contributed by atoms with van der Waals surface area (Å²) in [7, 11) is -4.06. The van der Waals surface area contributed by atoms with Gasteiger partial charge in [-0.2, -0.15) is 13.6 Å². The molecule has 7 nitrogen and oxygen atoms in total. The van der Waals surface area contributed by atoms with Crippen LogP contribution in [-0.4, -0.2) is 25.9 Å². The van der Waals surface area contributed by atoms with Gasteiger partial charge < -0.3 is 4.18 Å². The van der Waals surface area contributed by atoms with Crippen molar-refractivity contribution in [1.82, 2.24) is 10.4 Å². The van der Waals surface area contributed by atoms with E-state index >= 15 is 0 Å². The molecule has 1 aliphatic rings. The van der Waals surface area contributed by atoms with Gasteiger partial charge in [0.15, 0.2) is 0 Å². The molecule has 0 atom stereocenters. The van der Waals surface area contributed by atoms with Crippen LogP contribution >= 0.6 is 0 Å². The van der Waals surface area contributed by atoms with Gasteiger partial charge in [0.25, 0.3) is 5.91 Å². The van der Waals surface area contributed by atoms with E-state index in [2.05, 4.69) is 5.43 Å². The van der Waals surface area contributed by atoms with Crippen LogP contribution in [0.2, 0.25) is 0 Å². The Bertz CT molecular complexity index is 895. The number of rotatable bonds is 4. The molecule has 0 spiro atoms. The highest BCUT2D eigenvalue weighted by atomic mass is 32.2. The Morgan fingerprint density at radius 1 is 1.16 bits per heavy atom. The largest absolute Gasteiger partial charge is 0.380 e. The lowest BCUT2D eigenvalue weighted by Gasteiger charge is -2.29. The molecule has 0 saturated carbocycles. The summed E-state index contributed by atoms with van der Waals surface area (Å²) >= 11 is 0. The van der Waals surface area contributed by atoms with E-state index in [9.17, 15) is 13.2 Å². The summed E-state index contributed by atoms with van der Waals surface area (Å²) in [4.78, 5) is 12.3. The maximum absolute atomic E-state index is 12.3. The highest BCUT2D eigenvalue weighted by Crippen LogP contribution is 2.23. The van der Waals surface area contributed by atoms with Gasteiger partial charge in [-0.3, -0.25) is 10.2 Å². The predicted molar refractivity (Wildman–Crippen MR) is 92.9 cm³/mol. The minimum Gasteiger partial charge on any atom is -0.371 e. The highest BCUT2D eigenvalue weighted by molar-refractivity contribution is 7.84. The molecule has 132 valence electrons. The number of hydrogen-bond acceptors (Lipinski definition) is 5. The number of carbonyl (C=O) groups is 1. The minimum absolute atomic E-state index is 0.160. The number of nitrogens with two attached hydrogens (primary N) is 1. The van der Waals surface area contributed by atoms with E-state index in [0.29, 0.717) is 18.7 Å². The van der Waals surface area contributed by atoms with Crippen LogP contribution in [0.25, 0.3) is 0 Å². The van der Waals surface area contributed by atoms with Crippen molar-refractivity contribution in [3.05, 3.63) is 64.7 Å². The Labute approximate surface area is 146 Å². The molecule has 0 saturated heterocycles. The molecule has 1 aliphatic heterocycles. The van der Waals surface area contributed by atoms with Gasteiger partial charge in [0.1, 0.15) is 5.75 Å². The average Bonchev–Trinajstić information content (AvgIpc) is 2.53. The molecule has 0 aliphatic carbocycles. The molecule has 0 bridgehead atoms. The van der Waals surface area contributed by atoms with Gasteiger partial charge in [0.05, 0.1) is 0 Å². The summed E-state index contributed by atoms with van der Waals surface area (Å²) in [6.45, 7) is 3.08. The van der Waals surface area contributed by atoms with Crippen molar-refractivity contribution in [2.24, 2.45) is 5.14 Å². The fourth-order valence-electron chi connectivity index (χ4n) is 2.73. The van der Waals surface area contributed by atoms with Crippen molar-refractivity contribution >= 4 is 16.2 Å². The van der Waals surface area contributed by atoms with E-state index in [-0.39, 0.29) is 11.7 Å². The van der Waals surface area contributed by atoms with Crippen molar-refractivity contribution in [3.8, 4) is 5.75 Å². The molecular weight excluding hydrogens is 342 g/mol. The number of carbonyl (C=O) groups excluding carboxylic acids is 1. The summed E-state index contributed by atoms with van der Waals surface area (Å²) in [5.74, 6) is -0.0200. The monoisotopic (exact) mass is 361 g/mol. The number of nitrogens with zero attached hydrogens (tertiary/aromatic N) is 1. The third kappa shape index (κ3) is 4.56. The Balaban J connectivity index is 1.70. The smallest absolute Gasteiger partial charge is 0.371 e. The van der Waals surface area contributed by atoms with Gasteiger partial charge in [-0.15, -0.1) is 0 Å². The summed E-state index contributed by atoms with van der Waals surface area (Å²) < 4.78 is 26.8. The highest BCUT2D eigenvalue weighted by Gasteiger charge is 2.19. The van der Waals surface area contributed by atoms with E-state index in [1.54, 1.807) is 29.3 Å². The standard InChI is InChI=1S/C17H19N3O4S/c1-12-2-4-14(5-3-12)17(21)19-20-9-8-13-6-7-16(10-15(13)11-20)24-25(18,22)23/h2-7,10H,8-9,11H2,1H3,(H,19,21)(H2,18,22,23). The molecule has 2 aromatic rings. The second-order valence-electron chi connectivity index (χ2n) is 5.99. The Morgan fingerprint density at radius 2 is 1.88 bits per heavy atom. The van der Waals surface area contributed by atoms with Crippen LogP contribution in [-0.2, 0) is 23.3 Å². The Hall–Kier alpha value is -2.42. The normalized spacial score (nSPS) is 14.6. The zero-order valence-corrected chi connectivity index (χ0v) is 14.5. The van der Waals surface area contributed by atoms with Crippen LogP contribution in [0.5, 0.6) is 5.75 Å². The summed E-state index contributed by atoms with van der Waals surface area (Å²) in [6.07, 6.45) is 0.735. The van der Waals surface area contributed by atoms with E-state index in [4.69, 9.17) is 9.32 Å². The van der Waals surface area contributed by atoms with Gasteiger partial charge >= 0.3 is 10.3 Å². The molecule has 2 aromatic carbocycles. The van der Waals surface area contributed by atoms with Gasteiger partial charge in [-0.25, -0.2) is 5.01 Å². The van der Waals surface area contributed by atoms with Crippen LogP contribution in [0, 0.1) is 6.92 Å². The second-order valence-corrected chi connectivity index (χ2v) is 7.14. The molecule has 8 heteroatoms. The Kier molecular flexibility index (Phi) is 4.76. The lowest BCUT2D eigenvalue weighted by atomic mass is 10.0. The average molecular weight is 361 g/mol. The minimum atomic E-state index is -4.06. The fraction of sp³-hybridized carbons (Fsp3) is 0.235. The second kappa shape index (κ2) is 6.83. The number of aryl methyl sites for hydroxylation is 1. The molecule has 1 amide bonds. The Morgan fingerprint density at radius 3 is 2.56 bits per heavy atom. The molecule has 25 heavy (non-hydrogen) atoms. The first-order valence-corrected chi connectivity index (χ1v) is 9.24. The number of nitrogens with one attached hydrogen (secondary N) is 1.